The summed E-state index contributed by atoms with van der Waals surface area (Å²) in [5.41, 5.74) is 0. The minimum absolute atomic E-state index is 0.0122. The third kappa shape index (κ3) is 6.24. The van der Waals surface area contributed by atoms with E-state index in [0.717, 1.165) is 32.1 Å². The first-order valence-corrected chi connectivity index (χ1v) is 11.2. The highest BCUT2D eigenvalue weighted by Gasteiger charge is 2.53. The van der Waals surface area contributed by atoms with Crippen molar-refractivity contribution >= 4 is 0 Å². The van der Waals surface area contributed by atoms with Gasteiger partial charge in [-0.05, 0) is 31.1 Å². The van der Waals surface area contributed by atoms with Gasteiger partial charge in [0.2, 0.25) is 0 Å². The lowest BCUT2D eigenvalue weighted by molar-refractivity contribution is -0.324. The first-order chi connectivity index (χ1) is 14.9. The maximum absolute atomic E-state index is 14.7. The SMILES string of the molecule is FC1CC(OC(F)(F)C2CCC(C3CCCCC3)CC2F)CC(F)C1OC(F)C(F)(F)F. The molecular formula is C21H29F9O2. The topological polar surface area (TPSA) is 18.5 Å². The third-order valence-corrected chi connectivity index (χ3v) is 7.11. The van der Waals surface area contributed by atoms with E-state index in [-0.39, 0.29) is 18.8 Å². The molecule has 3 rings (SSSR count). The summed E-state index contributed by atoms with van der Waals surface area (Å²) < 4.78 is 131. The van der Waals surface area contributed by atoms with Crippen molar-refractivity contribution in [3.8, 4) is 0 Å². The minimum Gasteiger partial charge on any atom is -0.332 e. The fraction of sp³-hybridized carbons (Fsp3) is 1.00. The molecule has 0 aliphatic heterocycles. The number of hydrogen-bond donors (Lipinski definition) is 0. The zero-order chi connectivity index (χ0) is 23.7. The molecule has 3 fully saturated rings. The molecule has 0 N–H and O–H groups in total. The number of hydrogen-bond acceptors (Lipinski definition) is 2. The van der Waals surface area contributed by atoms with Crippen molar-refractivity contribution in [1.29, 1.82) is 0 Å². The second kappa shape index (κ2) is 10.3. The highest BCUT2D eigenvalue weighted by molar-refractivity contribution is 4.92. The molecule has 3 saturated carbocycles. The van der Waals surface area contributed by atoms with Crippen LogP contribution in [0.4, 0.5) is 39.5 Å². The first kappa shape index (κ1) is 25.9. The van der Waals surface area contributed by atoms with Gasteiger partial charge < -0.3 is 9.47 Å². The zero-order valence-corrected chi connectivity index (χ0v) is 17.5. The van der Waals surface area contributed by atoms with Gasteiger partial charge in [-0.3, -0.25) is 0 Å². The summed E-state index contributed by atoms with van der Waals surface area (Å²) in [6.07, 6.45) is -20.6. The van der Waals surface area contributed by atoms with Gasteiger partial charge in [0.25, 0.3) is 6.36 Å². The Hall–Kier alpha value is -0.710. The van der Waals surface area contributed by atoms with Gasteiger partial charge in [0.05, 0.1) is 12.0 Å². The normalized spacial score (nSPS) is 39.1. The van der Waals surface area contributed by atoms with E-state index in [1.54, 1.807) is 0 Å². The van der Waals surface area contributed by atoms with E-state index in [2.05, 4.69) is 9.47 Å². The molecule has 0 saturated heterocycles. The molecule has 0 amide bonds. The second-order valence-corrected chi connectivity index (χ2v) is 9.36. The van der Waals surface area contributed by atoms with E-state index < -0.39 is 68.1 Å². The molecule has 6 unspecified atom stereocenters. The van der Waals surface area contributed by atoms with Crippen LogP contribution in [0.15, 0.2) is 0 Å². The van der Waals surface area contributed by atoms with Crippen LogP contribution in [0, 0.1) is 17.8 Å². The minimum atomic E-state index is -5.47. The Morgan fingerprint density at radius 1 is 0.688 bits per heavy atom. The Bertz CT molecular complexity index is 584. The monoisotopic (exact) mass is 484 g/mol. The van der Waals surface area contributed by atoms with Gasteiger partial charge in [-0.1, -0.05) is 32.1 Å². The van der Waals surface area contributed by atoms with Gasteiger partial charge in [0, 0.05) is 12.8 Å². The smallest absolute Gasteiger partial charge is 0.332 e. The average Bonchev–Trinajstić information content (AvgIpc) is 2.70. The molecule has 3 aliphatic rings. The average molecular weight is 484 g/mol. The van der Waals surface area contributed by atoms with Gasteiger partial charge in [-0.15, -0.1) is 0 Å². The fourth-order valence-electron chi connectivity index (χ4n) is 5.44. The molecule has 32 heavy (non-hydrogen) atoms. The molecule has 2 nitrogen and oxygen atoms in total. The van der Waals surface area contributed by atoms with Crippen LogP contribution in [-0.2, 0) is 9.47 Å². The summed E-state index contributed by atoms with van der Waals surface area (Å²) in [4.78, 5) is 0. The maximum atomic E-state index is 14.7. The van der Waals surface area contributed by atoms with Crippen molar-refractivity contribution in [3.05, 3.63) is 0 Å². The zero-order valence-electron chi connectivity index (χ0n) is 17.5. The van der Waals surface area contributed by atoms with Crippen LogP contribution in [0.2, 0.25) is 0 Å². The molecule has 0 spiro atoms. The van der Waals surface area contributed by atoms with E-state index in [9.17, 15) is 39.5 Å². The highest BCUT2D eigenvalue weighted by atomic mass is 19.4. The first-order valence-electron chi connectivity index (χ1n) is 11.2. The molecule has 188 valence electrons. The number of halogens is 9. The van der Waals surface area contributed by atoms with Crippen LogP contribution in [0.3, 0.4) is 0 Å². The second-order valence-electron chi connectivity index (χ2n) is 9.36. The lowest BCUT2D eigenvalue weighted by atomic mass is 9.70. The molecular weight excluding hydrogens is 455 g/mol. The van der Waals surface area contributed by atoms with E-state index in [1.807, 2.05) is 0 Å². The molecule has 0 aromatic heterocycles. The number of alkyl halides is 9. The predicted octanol–water partition coefficient (Wildman–Crippen LogP) is 7.01. The molecule has 0 aromatic rings. The van der Waals surface area contributed by atoms with Crippen molar-refractivity contribution in [3.63, 3.8) is 0 Å². The molecule has 6 atom stereocenters. The van der Waals surface area contributed by atoms with Crippen molar-refractivity contribution in [2.75, 3.05) is 0 Å². The van der Waals surface area contributed by atoms with Gasteiger partial charge in [0.1, 0.15) is 24.6 Å². The standard InChI is InChI=1S/C21H29F9O2/c22-15-8-12(11-4-2-1-3-5-11)6-7-14(15)21(29,30)32-13-9-16(23)18(17(24)10-13)31-19(25)20(26,27)28/h11-19H,1-10H2. The Morgan fingerprint density at radius 3 is 1.81 bits per heavy atom. The van der Waals surface area contributed by atoms with Crippen molar-refractivity contribution in [1.82, 2.24) is 0 Å². The Balaban J connectivity index is 1.54. The van der Waals surface area contributed by atoms with Crippen LogP contribution in [-0.4, -0.2) is 49.4 Å². The van der Waals surface area contributed by atoms with Crippen LogP contribution < -0.4 is 0 Å². The van der Waals surface area contributed by atoms with E-state index in [1.165, 1.54) is 0 Å². The highest BCUT2D eigenvalue weighted by Crippen LogP contribution is 2.47. The summed E-state index contributed by atoms with van der Waals surface area (Å²) in [5, 5.41) is 0. The number of rotatable bonds is 6. The Kier molecular flexibility index (Phi) is 8.32. The molecule has 0 aromatic carbocycles. The summed E-state index contributed by atoms with van der Waals surface area (Å²) in [6, 6.07) is 0. The molecule has 0 heterocycles. The summed E-state index contributed by atoms with van der Waals surface area (Å²) in [6.45, 7) is 0. The molecule has 0 radical (unpaired) electrons. The van der Waals surface area contributed by atoms with Crippen molar-refractivity contribution in [2.45, 2.75) is 114 Å². The lowest BCUT2D eigenvalue weighted by Gasteiger charge is -2.42. The molecule has 11 heteroatoms. The number of ether oxygens (including phenoxy) is 2. The van der Waals surface area contributed by atoms with Gasteiger partial charge in [-0.25, -0.2) is 17.6 Å². The predicted molar refractivity (Wildman–Crippen MR) is 97.0 cm³/mol. The summed E-state index contributed by atoms with van der Waals surface area (Å²) >= 11 is 0. The van der Waals surface area contributed by atoms with Crippen LogP contribution in [0.5, 0.6) is 0 Å². The molecule has 0 bridgehead atoms. The maximum Gasteiger partial charge on any atom is 0.445 e. The van der Waals surface area contributed by atoms with Crippen LogP contribution in [0.25, 0.3) is 0 Å². The van der Waals surface area contributed by atoms with Gasteiger partial charge in [-0.2, -0.15) is 22.0 Å². The molecule has 3 aliphatic carbocycles. The van der Waals surface area contributed by atoms with Gasteiger partial charge in [0.15, 0.2) is 0 Å². The third-order valence-electron chi connectivity index (χ3n) is 7.11. The van der Waals surface area contributed by atoms with E-state index in [0.29, 0.717) is 12.3 Å². The lowest BCUT2D eigenvalue weighted by Crippen LogP contribution is -2.51. The quantitative estimate of drug-likeness (QED) is 0.378. The largest absolute Gasteiger partial charge is 0.445 e. The van der Waals surface area contributed by atoms with Crippen molar-refractivity contribution in [2.24, 2.45) is 17.8 Å². The van der Waals surface area contributed by atoms with Crippen molar-refractivity contribution < 1.29 is 49.0 Å². The summed E-state index contributed by atoms with van der Waals surface area (Å²) in [7, 11) is 0. The van der Waals surface area contributed by atoms with Crippen LogP contribution >= 0.6 is 0 Å². The fourth-order valence-corrected chi connectivity index (χ4v) is 5.44. The Morgan fingerprint density at radius 2 is 1.28 bits per heavy atom. The van der Waals surface area contributed by atoms with E-state index >= 15 is 0 Å². The van der Waals surface area contributed by atoms with E-state index in [4.69, 9.17) is 0 Å². The Labute approximate surface area is 181 Å². The summed E-state index contributed by atoms with van der Waals surface area (Å²) in [5.74, 6) is -1.41. The van der Waals surface area contributed by atoms with Crippen LogP contribution in [0.1, 0.15) is 64.2 Å². The van der Waals surface area contributed by atoms with Gasteiger partial charge >= 0.3 is 12.3 Å².